The zero-order valence-electron chi connectivity index (χ0n) is 17.7. The molecule has 0 spiro atoms. The fourth-order valence-corrected chi connectivity index (χ4v) is 4.23. The lowest BCUT2D eigenvalue weighted by molar-refractivity contribution is -0.384. The third-order valence-electron chi connectivity index (χ3n) is 4.72. The summed E-state index contributed by atoms with van der Waals surface area (Å²) < 4.78 is 4.81. The Kier molecular flexibility index (Phi) is 7.10. The van der Waals surface area contributed by atoms with Crippen LogP contribution in [0.5, 0.6) is 0 Å². The van der Waals surface area contributed by atoms with Gasteiger partial charge in [0.2, 0.25) is 0 Å². The fraction of sp³-hybridized carbons (Fsp3) is 0.136. The number of amides is 2. The zero-order chi connectivity index (χ0) is 24.3. The van der Waals surface area contributed by atoms with Crippen LogP contribution < -0.4 is 10.6 Å². The minimum Gasteiger partial charge on any atom is -0.465 e. The van der Waals surface area contributed by atoms with Gasteiger partial charge in [-0.3, -0.25) is 19.7 Å². The highest BCUT2D eigenvalue weighted by Gasteiger charge is 2.27. The summed E-state index contributed by atoms with van der Waals surface area (Å²) in [4.78, 5) is 48.5. The predicted molar refractivity (Wildman–Crippen MR) is 126 cm³/mol. The Balaban J connectivity index is 1.94. The van der Waals surface area contributed by atoms with E-state index in [-0.39, 0.29) is 26.7 Å². The normalized spacial score (nSPS) is 10.4. The molecule has 33 heavy (non-hydrogen) atoms. The Morgan fingerprint density at radius 3 is 2.42 bits per heavy atom. The number of hydrogen-bond donors (Lipinski definition) is 2. The van der Waals surface area contributed by atoms with Crippen molar-refractivity contribution in [3.63, 3.8) is 0 Å². The third kappa shape index (κ3) is 5.18. The smallest absolute Gasteiger partial charge is 0.341 e. The van der Waals surface area contributed by atoms with Crippen LogP contribution in [0.3, 0.4) is 0 Å². The molecular weight excluding hydrogens is 470 g/mol. The van der Waals surface area contributed by atoms with Gasteiger partial charge in [0.05, 0.1) is 22.5 Å². The van der Waals surface area contributed by atoms with Crippen LogP contribution >= 0.6 is 22.9 Å². The Hall–Kier alpha value is -3.76. The van der Waals surface area contributed by atoms with Crippen molar-refractivity contribution in [1.82, 2.24) is 0 Å². The van der Waals surface area contributed by atoms with Gasteiger partial charge in [-0.15, -0.1) is 11.3 Å². The first kappa shape index (κ1) is 23.9. The molecule has 0 aliphatic carbocycles. The molecule has 1 heterocycles. The largest absolute Gasteiger partial charge is 0.465 e. The number of ether oxygens (including phenoxy) is 1. The lowest BCUT2D eigenvalue weighted by atomic mass is 10.1. The van der Waals surface area contributed by atoms with Crippen molar-refractivity contribution in [3.8, 4) is 0 Å². The number of halogens is 1. The van der Waals surface area contributed by atoms with E-state index in [2.05, 4.69) is 10.6 Å². The number of methoxy groups -OCH3 is 1. The highest BCUT2D eigenvalue weighted by molar-refractivity contribution is 7.19. The minimum atomic E-state index is -0.740. The number of anilines is 2. The van der Waals surface area contributed by atoms with Crippen LogP contribution in [-0.2, 0) is 4.74 Å². The first-order valence-corrected chi connectivity index (χ1v) is 10.7. The number of nitro benzene ring substituents is 1. The van der Waals surface area contributed by atoms with E-state index in [0.717, 1.165) is 23.0 Å². The van der Waals surface area contributed by atoms with E-state index in [1.807, 2.05) is 6.92 Å². The lowest BCUT2D eigenvalue weighted by Gasteiger charge is -2.06. The van der Waals surface area contributed by atoms with Crippen LogP contribution in [0.25, 0.3) is 0 Å². The minimum absolute atomic E-state index is 0.0198. The quantitative estimate of drug-likeness (QED) is 0.279. The van der Waals surface area contributed by atoms with E-state index in [1.165, 1.54) is 25.3 Å². The number of carbonyl (C=O) groups excluding carboxylic acids is 3. The van der Waals surface area contributed by atoms with Gasteiger partial charge in [-0.2, -0.15) is 0 Å². The van der Waals surface area contributed by atoms with Crippen molar-refractivity contribution in [1.29, 1.82) is 0 Å². The monoisotopic (exact) mass is 487 g/mol. The highest BCUT2D eigenvalue weighted by atomic mass is 35.5. The van der Waals surface area contributed by atoms with Gasteiger partial charge in [0.25, 0.3) is 17.5 Å². The SMILES string of the molecule is COC(=O)c1c(NC(=O)c2cccc([N+](=O)[O-])c2)sc(C(=O)Nc2ccc(C)c(Cl)c2)c1C. The molecule has 9 nitrogen and oxygen atoms in total. The molecule has 1 aromatic heterocycles. The zero-order valence-corrected chi connectivity index (χ0v) is 19.3. The number of nitro groups is 1. The van der Waals surface area contributed by atoms with E-state index in [0.29, 0.717) is 16.3 Å². The molecule has 0 bridgehead atoms. The number of carbonyl (C=O) groups is 3. The summed E-state index contributed by atoms with van der Waals surface area (Å²) in [5.41, 5.74) is 1.41. The molecule has 0 unspecified atom stereocenters. The van der Waals surface area contributed by atoms with Gasteiger partial charge in [0, 0.05) is 28.4 Å². The van der Waals surface area contributed by atoms with Gasteiger partial charge < -0.3 is 15.4 Å². The van der Waals surface area contributed by atoms with Gasteiger partial charge in [0.15, 0.2) is 0 Å². The van der Waals surface area contributed by atoms with Gasteiger partial charge in [-0.1, -0.05) is 23.7 Å². The molecule has 170 valence electrons. The van der Waals surface area contributed by atoms with Crippen LogP contribution in [0.2, 0.25) is 5.02 Å². The summed E-state index contributed by atoms with van der Waals surface area (Å²) in [6, 6.07) is 10.2. The summed E-state index contributed by atoms with van der Waals surface area (Å²) in [5.74, 6) is -1.92. The van der Waals surface area contributed by atoms with E-state index < -0.39 is 22.7 Å². The molecule has 0 fully saturated rings. The molecule has 0 saturated heterocycles. The van der Waals surface area contributed by atoms with Crippen molar-refractivity contribution >= 4 is 57.1 Å². The third-order valence-corrected chi connectivity index (χ3v) is 6.33. The molecule has 11 heteroatoms. The molecule has 2 amide bonds. The van der Waals surface area contributed by atoms with Gasteiger partial charge in [-0.05, 0) is 43.2 Å². The van der Waals surface area contributed by atoms with Crippen molar-refractivity contribution < 1.29 is 24.0 Å². The number of esters is 1. The maximum absolute atomic E-state index is 12.9. The summed E-state index contributed by atoms with van der Waals surface area (Å²) in [6.07, 6.45) is 0. The summed E-state index contributed by atoms with van der Waals surface area (Å²) in [5, 5.41) is 16.8. The molecule has 3 rings (SSSR count). The van der Waals surface area contributed by atoms with Crippen LogP contribution in [0.4, 0.5) is 16.4 Å². The number of rotatable bonds is 6. The summed E-state index contributed by atoms with van der Waals surface area (Å²) in [7, 11) is 1.18. The molecule has 0 aliphatic heterocycles. The van der Waals surface area contributed by atoms with Crippen molar-refractivity contribution in [2.24, 2.45) is 0 Å². The predicted octanol–water partition coefficient (Wildman–Crippen LogP) is 5.22. The number of thiophene rings is 1. The highest BCUT2D eigenvalue weighted by Crippen LogP contribution is 2.35. The van der Waals surface area contributed by atoms with E-state index in [4.69, 9.17) is 16.3 Å². The number of benzene rings is 2. The first-order chi connectivity index (χ1) is 15.6. The molecule has 3 aromatic rings. The van der Waals surface area contributed by atoms with Crippen LogP contribution in [-0.4, -0.2) is 29.8 Å². The first-order valence-electron chi connectivity index (χ1n) is 9.47. The Morgan fingerprint density at radius 1 is 1.06 bits per heavy atom. The number of non-ortho nitro benzene ring substituents is 1. The Bertz CT molecular complexity index is 1290. The molecule has 0 atom stereocenters. The van der Waals surface area contributed by atoms with E-state index >= 15 is 0 Å². The van der Waals surface area contributed by atoms with Gasteiger partial charge in [-0.25, -0.2) is 4.79 Å². The van der Waals surface area contributed by atoms with Gasteiger partial charge >= 0.3 is 5.97 Å². The Labute approximate surface area is 197 Å². The number of hydrogen-bond acceptors (Lipinski definition) is 7. The van der Waals surface area contributed by atoms with Crippen molar-refractivity contribution in [2.75, 3.05) is 17.7 Å². The number of nitrogens with one attached hydrogen (secondary N) is 2. The second kappa shape index (κ2) is 9.80. The standard InChI is InChI=1S/C22H18ClN3O6S/c1-11-7-8-14(10-16(11)23)24-20(28)18-12(2)17(22(29)32-3)21(33-18)25-19(27)13-5-4-6-15(9-13)26(30)31/h4-10H,1-3H3,(H,24,28)(H,25,27). The average molecular weight is 488 g/mol. The lowest BCUT2D eigenvalue weighted by Crippen LogP contribution is -2.14. The second-order valence-electron chi connectivity index (χ2n) is 6.93. The molecule has 2 N–H and O–H groups in total. The Morgan fingerprint density at radius 2 is 1.79 bits per heavy atom. The molecule has 0 aliphatic rings. The van der Waals surface area contributed by atoms with Gasteiger partial charge in [0.1, 0.15) is 5.00 Å². The topological polar surface area (TPSA) is 128 Å². The number of nitrogens with zero attached hydrogens (tertiary/aromatic N) is 1. The maximum atomic E-state index is 12.9. The summed E-state index contributed by atoms with van der Waals surface area (Å²) in [6.45, 7) is 3.39. The fourth-order valence-electron chi connectivity index (χ4n) is 2.96. The van der Waals surface area contributed by atoms with Crippen molar-refractivity contribution in [3.05, 3.63) is 84.7 Å². The van der Waals surface area contributed by atoms with E-state index in [9.17, 15) is 24.5 Å². The van der Waals surface area contributed by atoms with Crippen LogP contribution in [0.1, 0.15) is 41.5 Å². The molecular formula is C22H18ClN3O6S. The summed E-state index contributed by atoms with van der Waals surface area (Å²) >= 11 is 7.00. The average Bonchev–Trinajstić information content (AvgIpc) is 3.11. The second-order valence-corrected chi connectivity index (χ2v) is 8.36. The molecule has 0 radical (unpaired) electrons. The number of aryl methyl sites for hydroxylation is 1. The van der Waals surface area contributed by atoms with E-state index in [1.54, 1.807) is 25.1 Å². The van der Waals surface area contributed by atoms with Crippen LogP contribution in [0, 0.1) is 24.0 Å². The maximum Gasteiger partial charge on any atom is 0.341 e. The van der Waals surface area contributed by atoms with Crippen molar-refractivity contribution in [2.45, 2.75) is 13.8 Å². The van der Waals surface area contributed by atoms with Crippen LogP contribution in [0.15, 0.2) is 42.5 Å². The molecule has 2 aromatic carbocycles. The molecule has 0 saturated carbocycles.